The van der Waals surface area contributed by atoms with Gasteiger partial charge in [0.05, 0.1) is 23.6 Å². The number of anilines is 2. The summed E-state index contributed by atoms with van der Waals surface area (Å²) in [7, 11) is 1.62. The minimum absolute atomic E-state index is 0.0554. The van der Waals surface area contributed by atoms with Gasteiger partial charge in [-0.15, -0.1) is 0 Å². The lowest BCUT2D eigenvalue weighted by Crippen LogP contribution is -2.41. The molecule has 0 aliphatic carbocycles. The number of carbonyl (C=O) groups excluding carboxylic acids is 1. The Morgan fingerprint density at radius 1 is 1.19 bits per heavy atom. The number of carbonyl (C=O) groups is 1. The van der Waals surface area contributed by atoms with Crippen LogP contribution >= 0.6 is 0 Å². The summed E-state index contributed by atoms with van der Waals surface area (Å²) in [6.45, 7) is 1.31. The first-order chi connectivity index (χ1) is 15.5. The molecule has 1 aliphatic heterocycles. The number of nitrogens with zero attached hydrogens (tertiary/aromatic N) is 4. The highest BCUT2D eigenvalue weighted by Crippen LogP contribution is 2.27. The quantitative estimate of drug-likeness (QED) is 0.463. The first-order valence-electron chi connectivity index (χ1n) is 10.3. The van der Waals surface area contributed by atoms with Crippen molar-refractivity contribution in [3.63, 3.8) is 0 Å². The molecule has 3 aromatic rings. The average molecular weight is 433 g/mol. The fraction of sp³-hybridized carbons (Fsp3) is 0.261. The van der Waals surface area contributed by atoms with E-state index >= 15 is 0 Å². The van der Waals surface area contributed by atoms with Crippen LogP contribution in [0.3, 0.4) is 0 Å². The maximum atomic E-state index is 12.8. The second kappa shape index (κ2) is 9.42. The zero-order valence-electron chi connectivity index (χ0n) is 17.6. The Morgan fingerprint density at radius 2 is 2.00 bits per heavy atom. The number of non-ortho nitro benzene ring substituents is 1. The van der Waals surface area contributed by atoms with Crippen molar-refractivity contribution in [2.75, 3.05) is 30.4 Å². The third-order valence-corrected chi connectivity index (χ3v) is 5.48. The molecule has 32 heavy (non-hydrogen) atoms. The van der Waals surface area contributed by atoms with Gasteiger partial charge in [0.25, 0.3) is 5.69 Å². The standard InChI is InChI=1S/C23H23N5O4/c1-32-20-9-7-16(8-10-20)21-13-22(25-15-24-21)27-11-3-4-17(14-27)23(29)26-18-5-2-6-19(12-18)28(30)31/h2,5-10,12-13,15,17H,3-4,11,14H2,1H3,(H,26,29). The summed E-state index contributed by atoms with van der Waals surface area (Å²) in [5, 5.41) is 13.8. The predicted molar refractivity (Wildman–Crippen MR) is 121 cm³/mol. The Labute approximate surface area is 185 Å². The van der Waals surface area contributed by atoms with Crippen molar-refractivity contribution in [3.8, 4) is 17.0 Å². The number of nitro groups is 1. The Bertz CT molecular complexity index is 1120. The Morgan fingerprint density at radius 3 is 2.75 bits per heavy atom. The molecule has 1 saturated heterocycles. The van der Waals surface area contributed by atoms with Crippen molar-refractivity contribution in [2.24, 2.45) is 5.92 Å². The van der Waals surface area contributed by atoms with E-state index in [9.17, 15) is 14.9 Å². The lowest BCUT2D eigenvalue weighted by atomic mass is 9.97. The Kier molecular flexibility index (Phi) is 6.25. The van der Waals surface area contributed by atoms with Gasteiger partial charge in [-0.05, 0) is 43.2 Å². The number of amides is 1. The van der Waals surface area contributed by atoms with Gasteiger partial charge in [0.1, 0.15) is 17.9 Å². The minimum Gasteiger partial charge on any atom is -0.497 e. The Balaban J connectivity index is 1.46. The predicted octanol–water partition coefficient (Wildman–Crippen LogP) is 3.92. The van der Waals surface area contributed by atoms with Crippen LogP contribution in [-0.4, -0.2) is 41.0 Å². The molecule has 0 spiro atoms. The van der Waals surface area contributed by atoms with Crippen LogP contribution in [0.4, 0.5) is 17.2 Å². The Hall–Kier alpha value is -4.01. The molecule has 2 heterocycles. The lowest BCUT2D eigenvalue weighted by Gasteiger charge is -2.33. The van der Waals surface area contributed by atoms with Crippen molar-refractivity contribution in [1.29, 1.82) is 0 Å². The summed E-state index contributed by atoms with van der Waals surface area (Å²) in [5.74, 6) is 1.14. The number of nitro benzene ring substituents is 1. The van der Waals surface area contributed by atoms with E-state index in [1.807, 2.05) is 30.3 Å². The summed E-state index contributed by atoms with van der Waals surface area (Å²) in [6, 6.07) is 15.5. The number of benzene rings is 2. The van der Waals surface area contributed by atoms with Crippen LogP contribution in [0.2, 0.25) is 0 Å². The van der Waals surface area contributed by atoms with Crippen LogP contribution in [0.1, 0.15) is 12.8 Å². The SMILES string of the molecule is COc1ccc(-c2cc(N3CCCC(C(=O)Nc4cccc([N+](=O)[O-])c4)C3)ncn2)cc1. The molecule has 1 amide bonds. The molecular weight excluding hydrogens is 410 g/mol. The molecule has 1 unspecified atom stereocenters. The summed E-state index contributed by atoms with van der Waals surface area (Å²) in [6.07, 6.45) is 3.12. The summed E-state index contributed by atoms with van der Waals surface area (Å²) in [4.78, 5) is 34.2. The van der Waals surface area contributed by atoms with Crippen LogP contribution in [0, 0.1) is 16.0 Å². The van der Waals surface area contributed by atoms with Gasteiger partial charge in [-0.3, -0.25) is 14.9 Å². The zero-order chi connectivity index (χ0) is 22.5. The maximum Gasteiger partial charge on any atom is 0.271 e. The van der Waals surface area contributed by atoms with Crippen molar-refractivity contribution in [3.05, 3.63) is 71.0 Å². The highest BCUT2D eigenvalue weighted by atomic mass is 16.6. The van der Waals surface area contributed by atoms with Crippen molar-refractivity contribution < 1.29 is 14.5 Å². The van der Waals surface area contributed by atoms with Crippen LogP contribution in [0.5, 0.6) is 5.75 Å². The molecule has 9 heteroatoms. The smallest absolute Gasteiger partial charge is 0.271 e. The maximum absolute atomic E-state index is 12.8. The number of piperidine rings is 1. The van der Waals surface area contributed by atoms with E-state index in [1.165, 1.54) is 18.5 Å². The van der Waals surface area contributed by atoms with E-state index in [0.717, 1.165) is 42.2 Å². The molecule has 4 rings (SSSR count). The van der Waals surface area contributed by atoms with E-state index in [0.29, 0.717) is 12.2 Å². The van der Waals surface area contributed by atoms with Crippen molar-refractivity contribution in [1.82, 2.24) is 9.97 Å². The molecule has 1 fully saturated rings. The number of rotatable bonds is 6. The minimum atomic E-state index is -0.479. The van der Waals surface area contributed by atoms with E-state index in [4.69, 9.17) is 4.74 Å². The summed E-state index contributed by atoms with van der Waals surface area (Å²) in [5.41, 5.74) is 2.11. The van der Waals surface area contributed by atoms with Crippen LogP contribution in [0.25, 0.3) is 11.3 Å². The van der Waals surface area contributed by atoms with E-state index < -0.39 is 4.92 Å². The average Bonchev–Trinajstić information content (AvgIpc) is 2.84. The van der Waals surface area contributed by atoms with Gasteiger partial charge in [-0.1, -0.05) is 6.07 Å². The fourth-order valence-electron chi connectivity index (χ4n) is 3.78. The van der Waals surface area contributed by atoms with E-state index in [-0.39, 0.29) is 17.5 Å². The van der Waals surface area contributed by atoms with Gasteiger partial charge in [-0.2, -0.15) is 0 Å². The van der Waals surface area contributed by atoms with Gasteiger partial charge in [0, 0.05) is 42.5 Å². The van der Waals surface area contributed by atoms with Crippen LogP contribution in [-0.2, 0) is 4.79 Å². The van der Waals surface area contributed by atoms with Crippen LogP contribution in [0.15, 0.2) is 60.9 Å². The molecule has 0 bridgehead atoms. The number of nitrogens with one attached hydrogen (secondary N) is 1. The van der Waals surface area contributed by atoms with E-state index in [2.05, 4.69) is 20.2 Å². The number of hydrogen-bond donors (Lipinski definition) is 1. The van der Waals surface area contributed by atoms with Gasteiger partial charge >= 0.3 is 0 Å². The van der Waals surface area contributed by atoms with E-state index in [1.54, 1.807) is 19.2 Å². The molecular formula is C23H23N5O4. The largest absolute Gasteiger partial charge is 0.497 e. The summed E-state index contributed by atoms with van der Waals surface area (Å²) >= 11 is 0. The monoisotopic (exact) mass is 433 g/mol. The van der Waals surface area contributed by atoms with Gasteiger partial charge in [0.2, 0.25) is 5.91 Å². The normalized spacial score (nSPS) is 15.8. The summed E-state index contributed by atoms with van der Waals surface area (Å²) < 4.78 is 5.21. The molecule has 164 valence electrons. The molecule has 1 aromatic heterocycles. The third-order valence-electron chi connectivity index (χ3n) is 5.48. The second-order valence-corrected chi connectivity index (χ2v) is 7.57. The molecule has 0 radical (unpaired) electrons. The van der Waals surface area contributed by atoms with Crippen molar-refractivity contribution in [2.45, 2.75) is 12.8 Å². The number of ether oxygens (including phenoxy) is 1. The molecule has 2 aromatic carbocycles. The number of hydrogen-bond acceptors (Lipinski definition) is 7. The van der Waals surface area contributed by atoms with Crippen LogP contribution < -0.4 is 15.0 Å². The fourth-order valence-corrected chi connectivity index (χ4v) is 3.78. The zero-order valence-corrected chi connectivity index (χ0v) is 17.6. The third kappa shape index (κ3) is 4.83. The highest BCUT2D eigenvalue weighted by Gasteiger charge is 2.27. The van der Waals surface area contributed by atoms with Crippen molar-refractivity contribution >= 4 is 23.1 Å². The molecule has 1 aliphatic rings. The first-order valence-corrected chi connectivity index (χ1v) is 10.3. The molecule has 1 N–H and O–H groups in total. The lowest BCUT2D eigenvalue weighted by molar-refractivity contribution is -0.384. The topological polar surface area (TPSA) is 110 Å². The van der Waals surface area contributed by atoms with Gasteiger partial charge in [-0.25, -0.2) is 9.97 Å². The molecule has 1 atom stereocenters. The number of aromatic nitrogens is 2. The molecule has 0 saturated carbocycles. The highest BCUT2D eigenvalue weighted by molar-refractivity contribution is 5.93. The van der Waals surface area contributed by atoms with Gasteiger partial charge in [0.15, 0.2) is 0 Å². The molecule has 9 nitrogen and oxygen atoms in total. The number of methoxy groups -OCH3 is 1. The van der Waals surface area contributed by atoms with Gasteiger partial charge < -0.3 is 15.0 Å². The first kappa shape index (κ1) is 21.2. The second-order valence-electron chi connectivity index (χ2n) is 7.57.